The topological polar surface area (TPSA) is 0 Å². The molecule has 0 N–H and O–H groups in total. The first-order valence-electron chi connectivity index (χ1n) is 4.26. The summed E-state index contributed by atoms with van der Waals surface area (Å²) in [5, 5.41) is 0.769. The lowest BCUT2D eigenvalue weighted by molar-refractivity contribution is 0.501. The third-order valence-electron chi connectivity index (χ3n) is 1.93. The fraction of sp³-hybridized carbons (Fsp3) is 0.333. The fourth-order valence-electron chi connectivity index (χ4n) is 1.21. The van der Waals surface area contributed by atoms with Crippen LogP contribution in [0.2, 0.25) is 5.02 Å². The van der Waals surface area contributed by atoms with Crippen molar-refractivity contribution in [2.24, 2.45) is 5.41 Å². The zero-order valence-corrected chi connectivity index (χ0v) is 8.73. The number of terminal acetylenes is 1. The Morgan fingerprint density at radius 2 is 2.15 bits per heavy atom. The summed E-state index contributed by atoms with van der Waals surface area (Å²) in [6.07, 6.45) is 6.27. The van der Waals surface area contributed by atoms with Crippen LogP contribution in [0.25, 0.3) is 0 Å². The molecule has 0 nitrogen and oxygen atoms in total. The molecule has 0 saturated carbocycles. The number of hydrogen-bond acceptors (Lipinski definition) is 0. The number of hydrogen-bond donors (Lipinski definition) is 0. The van der Waals surface area contributed by atoms with E-state index in [1.165, 1.54) is 5.56 Å². The highest BCUT2D eigenvalue weighted by molar-refractivity contribution is 6.30. The van der Waals surface area contributed by atoms with Crippen molar-refractivity contribution in [3.8, 4) is 12.3 Å². The van der Waals surface area contributed by atoms with Gasteiger partial charge in [-0.2, -0.15) is 0 Å². The molecule has 0 unspecified atom stereocenters. The van der Waals surface area contributed by atoms with Crippen LogP contribution in [-0.2, 0) is 6.42 Å². The average molecular weight is 193 g/mol. The van der Waals surface area contributed by atoms with E-state index >= 15 is 0 Å². The summed E-state index contributed by atoms with van der Waals surface area (Å²) in [6, 6.07) is 7.82. The summed E-state index contributed by atoms with van der Waals surface area (Å²) in [6.45, 7) is 4.10. The van der Waals surface area contributed by atoms with Gasteiger partial charge in [0.2, 0.25) is 0 Å². The minimum absolute atomic E-state index is 0.0926. The van der Waals surface area contributed by atoms with E-state index in [4.69, 9.17) is 18.0 Å². The molecule has 1 heteroatoms. The van der Waals surface area contributed by atoms with Crippen LogP contribution in [0.1, 0.15) is 19.4 Å². The number of benzene rings is 1. The zero-order chi connectivity index (χ0) is 9.90. The van der Waals surface area contributed by atoms with Gasteiger partial charge in [0.25, 0.3) is 0 Å². The van der Waals surface area contributed by atoms with Gasteiger partial charge in [-0.3, -0.25) is 0 Å². The van der Waals surface area contributed by atoms with E-state index in [2.05, 4.69) is 5.92 Å². The van der Waals surface area contributed by atoms with Crippen molar-refractivity contribution in [2.75, 3.05) is 0 Å². The van der Waals surface area contributed by atoms with Crippen molar-refractivity contribution in [3.63, 3.8) is 0 Å². The van der Waals surface area contributed by atoms with Crippen molar-refractivity contribution in [3.05, 3.63) is 34.9 Å². The predicted molar refractivity (Wildman–Crippen MR) is 57.8 cm³/mol. The molecule has 0 aliphatic rings. The van der Waals surface area contributed by atoms with Crippen molar-refractivity contribution < 1.29 is 0 Å². The first-order chi connectivity index (χ1) is 6.03. The summed E-state index contributed by atoms with van der Waals surface area (Å²) in [7, 11) is 0. The maximum absolute atomic E-state index is 5.87. The maximum Gasteiger partial charge on any atom is 0.0408 e. The van der Waals surface area contributed by atoms with Crippen molar-refractivity contribution in [2.45, 2.75) is 20.3 Å². The van der Waals surface area contributed by atoms with Crippen LogP contribution in [0.3, 0.4) is 0 Å². The summed E-state index contributed by atoms with van der Waals surface area (Å²) >= 11 is 5.87. The SMILES string of the molecule is C#CC(C)(C)Cc1cccc(Cl)c1. The lowest BCUT2D eigenvalue weighted by Crippen LogP contribution is -2.11. The van der Waals surface area contributed by atoms with E-state index in [1.54, 1.807) is 0 Å². The molecule has 0 amide bonds. The van der Waals surface area contributed by atoms with Gasteiger partial charge in [-0.1, -0.05) is 23.7 Å². The van der Waals surface area contributed by atoms with Gasteiger partial charge in [0.1, 0.15) is 0 Å². The van der Waals surface area contributed by atoms with Gasteiger partial charge in [0.15, 0.2) is 0 Å². The maximum atomic E-state index is 5.87. The van der Waals surface area contributed by atoms with E-state index in [1.807, 2.05) is 38.1 Å². The highest BCUT2D eigenvalue weighted by atomic mass is 35.5. The summed E-state index contributed by atoms with van der Waals surface area (Å²) < 4.78 is 0. The van der Waals surface area contributed by atoms with Gasteiger partial charge in [0.05, 0.1) is 0 Å². The minimum atomic E-state index is -0.0926. The van der Waals surface area contributed by atoms with Gasteiger partial charge in [-0.05, 0) is 38.0 Å². The van der Waals surface area contributed by atoms with E-state index in [-0.39, 0.29) is 5.41 Å². The van der Waals surface area contributed by atoms with Gasteiger partial charge in [0, 0.05) is 10.4 Å². The van der Waals surface area contributed by atoms with Crippen LogP contribution in [-0.4, -0.2) is 0 Å². The van der Waals surface area contributed by atoms with E-state index in [0.717, 1.165) is 11.4 Å². The van der Waals surface area contributed by atoms with E-state index in [0.29, 0.717) is 0 Å². The Kier molecular flexibility index (Phi) is 3.01. The van der Waals surface area contributed by atoms with Crippen molar-refractivity contribution in [1.29, 1.82) is 0 Å². The summed E-state index contributed by atoms with van der Waals surface area (Å²) in [5.41, 5.74) is 1.10. The van der Waals surface area contributed by atoms with Gasteiger partial charge >= 0.3 is 0 Å². The molecule has 68 valence electrons. The largest absolute Gasteiger partial charge is 0.120 e. The molecule has 1 rings (SSSR count). The highest BCUT2D eigenvalue weighted by Gasteiger charge is 2.14. The van der Waals surface area contributed by atoms with E-state index < -0.39 is 0 Å². The van der Waals surface area contributed by atoms with Crippen LogP contribution >= 0.6 is 11.6 Å². The van der Waals surface area contributed by atoms with Crippen LogP contribution in [0.15, 0.2) is 24.3 Å². The molecule has 13 heavy (non-hydrogen) atoms. The van der Waals surface area contributed by atoms with Crippen LogP contribution in [0.4, 0.5) is 0 Å². The Balaban J connectivity index is 2.82. The van der Waals surface area contributed by atoms with Gasteiger partial charge < -0.3 is 0 Å². The molecule has 0 saturated heterocycles. The second-order valence-electron chi connectivity index (χ2n) is 3.83. The second kappa shape index (κ2) is 3.85. The van der Waals surface area contributed by atoms with E-state index in [9.17, 15) is 0 Å². The normalized spacial score (nSPS) is 10.9. The van der Waals surface area contributed by atoms with Gasteiger partial charge in [-0.15, -0.1) is 12.3 Å². The van der Waals surface area contributed by atoms with Crippen LogP contribution < -0.4 is 0 Å². The lowest BCUT2D eigenvalue weighted by atomic mass is 9.87. The molecular formula is C12H13Cl. The summed E-state index contributed by atoms with van der Waals surface area (Å²) in [4.78, 5) is 0. The third kappa shape index (κ3) is 3.13. The average Bonchev–Trinajstić information content (AvgIpc) is 2.03. The highest BCUT2D eigenvalue weighted by Crippen LogP contribution is 2.22. The Bertz CT molecular complexity index is 331. The standard InChI is InChI=1S/C12H13Cl/c1-4-12(2,3)9-10-6-5-7-11(13)8-10/h1,5-8H,9H2,2-3H3. The molecule has 0 fully saturated rings. The molecule has 0 bridgehead atoms. The first kappa shape index (κ1) is 10.2. The number of halogens is 1. The Morgan fingerprint density at radius 1 is 1.46 bits per heavy atom. The first-order valence-corrected chi connectivity index (χ1v) is 4.63. The quantitative estimate of drug-likeness (QED) is 0.629. The van der Waals surface area contributed by atoms with Crippen molar-refractivity contribution >= 4 is 11.6 Å². The molecular weight excluding hydrogens is 180 g/mol. The Hall–Kier alpha value is -0.930. The Morgan fingerprint density at radius 3 is 2.69 bits per heavy atom. The van der Waals surface area contributed by atoms with Crippen molar-refractivity contribution in [1.82, 2.24) is 0 Å². The number of rotatable bonds is 2. The molecule has 0 atom stereocenters. The molecule has 0 radical (unpaired) electrons. The predicted octanol–water partition coefficient (Wildman–Crippen LogP) is 3.54. The minimum Gasteiger partial charge on any atom is -0.120 e. The lowest BCUT2D eigenvalue weighted by Gasteiger charge is -2.17. The third-order valence-corrected chi connectivity index (χ3v) is 2.16. The second-order valence-corrected chi connectivity index (χ2v) is 4.27. The van der Waals surface area contributed by atoms with Gasteiger partial charge in [-0.25, -0.2) is 0 Å². The molecule has 1 aromatic rings. The smallest absolute Gasteiger partial charge is 0.0408 e. The molecule has 0 heterocycles. The fourth-order valence-corrected chi connectivity index (χ4v) is 1.42. The summed E-state index contributed by atoms with van der Waals surface area (Å²) in [5.74, 6) is 2.77. The molecule has 0 spiro atoms. The zero-order valence-electron chi connectivity index (χ0n) is 7.97. The monoisotopic (exact) mass is 192 g/mol. The van der Waals surface area contributed by atoms with Crippen LogP contribution in [0, 0.1) is 17.8 Å². The van der Waals surface area contributed by atoms with Crippen LogP contribution in [0.5, 0.6) is 0 Å². The molecule has 0 aliphatic heterocycles. The molecule has 0 aliphatic carbocycles. The molecule has 0 aromatic heterocycles. The molecule has 1 aromatic carbocycles. The Labute approximate surface area is 84.9 Å².